The van der Waals surface area contributed by atoms with Gasteiger partial charge in [-0.1, -0.05) is 60.6 Å². The van der Waals surface area contributed by atoms with Gasteiger partial charge < -0.3 is 15.2 Å². The van der Waals surface area contributed by atoms with Gasteiger partial charge in [-0.05, 0) is 154 Å². The minimum atomic E-state index is -0.863. The van der Waals surface area contributed by atoms with Gasteiger partial charge in [0.1, 0.15) is 6.10 Å². The van der Waals surface area contributed by atoms with Crippen LogP contribution in [0.1, 0.15) is 152 Å². The van der Waals surface area contributed by atoms with Gasteiger partial charge in [0.2, 0.25) is 0 Å². The number of esters is 1. The lowest BCUT2D eigenvalue weighted by molar-refractivity contribution is -0.250. The maximum absolute atomic E-state index is 13.2. The average molecular weight is 638 g/mol. The molecule has 0 aromatic rings. The number of hydrogen-bond acceptors (Lipinski definition) is 4. The molecule has 2 N–H and O–H groups in total. The van der Waals surface area contributed by atoms with Crippen LogP contribution in [0.15, 0.2) is 12.2 Å². The zero-order valence-electron chi connectivity index (χ0n) is 30.7. The Bertz CT molecular complexity index is 1220. The maximum Gasteiger partial charge on any atom is 0.306 e. The minimum Gasteiger partial charge on any atom is -0.481 e. The van der Waals surface area contributed by atoms with Crippen molar-refractivity contribution in [2.24, 2.45) is 62.1 Å². The molecular weight excluding hydrogens is 570 g/mol. The van der Waals surface area contributed by atoms with Crippen molar-refractivity contribution in [1.82, 2.24) is 5.32 Å². The molecule has 46 heavy (non-hydrogen) atoms. The largest absolute Gasteiger partial charge is 0.481 e. The van der Waals surface area contributed by atoms with Crippen LogP contribution >= 0.6 is 0 Å². The first kappa shape index (κ1) is 34.5. The Morgan fingerprint density at radius 2 is 1.57 bits per heavy atom. The Morgan fingerprint density at radius 3 is 2.22 bits per heavy atom. The summed E-state index contributed by atoms with van der Waals surface area (Å²) in [6.45, 7) is 24.7. The molecule has 0 amide bonds. The topological polar surface area (TPSA) is 75.6 Å². The number of carbonyl (C=O) groups is 2. The molecule has 6 aliphatic rings. The van der Waals surface area contributed by atoms with Gasteiger partial charge >= 0.3 is 11.9 Å². The Kier molecular flexibility index (Phi) is 8.71. The number of carboxylic acids is 1. The van der Waals surface area contributed by atoms with E-state index in [1.54, 1.807) is 0 Å². The SMILES string of the molecule is C=C(C)C1CC[C@]2(CCNC3CC3)CC[C@]3(C)[C@H](CCC4[C@@]5(C)CCC(OC(=O)CC(C)(C)CC(=O)O)C(C)(C)C5CC[C@]43C)C12. The zero-order valence-corrected chi connectivity index (χ0v) is 30.7. The molecule has 0 aromatic heterocycles. The molecule has 6 saturated carbocycles. The summed E-state index contributed by atoms with van der Waals surface area (Å²) >= 11 is 0. The van der Waals surface area contributed by atoms with Gasteiger partial charge in [0.05, 0.1) is 12.8 Å². The van der Waals surface area contributed by atoms with E-state index < -0.39 is 11.4 Å². The molecule has 10 atom stereocenters. The van der Waals surface area contributed by atoms with Crippen molar-refractivity contribution in [2.75, 3.05) is 6.54 Å². The quantitative estimate of drug-likeness (QED) is 0.184. The predicted molar refractivity (Wildman–Crippen MR) is 185 cm³/mol. The van der Waals surface area contributed by atoms with Crippen LogP contribution in [0.5, 0.6) is 0 Å². The van der Waals surface area contributed by atoms with Crippen molar-refractivity contribution in [1.29, 1.82) is 0 Å². The lowest BCUT2D eigenvalue weighted by Gasteiger charge is -2.73. The third-order valence-electron chi connectivity index (χ3n) is 16.3. The number of ether oxygens (including phenoxy) is 1. The first-order chi connectivity index (χ1) is 21.4. The van der Waals surface area contributed by atoms with Crippen LogP contribution in [0.4, 0.5) is 0 Å². The van der Waals surface area contributed by atoms with Crippen molar-refractivity contribution in [3.63, 3.8) is 0 Å². The molecule has 5 unspecified atom stereocenters. The summed E-state index contributed by atoms with van der Waals surface area (Å²) < 4.78 is 6.28. The second-order valence-corrected chi connectivity index (χ2v) is 19.8. The molecule has 0 saturated heterocycles. The van der Waals surface area contributed by atoms with Crippen LogP contribution < -0.4 is 5.32 Å². The summed E-state index contributed by atoms with van der Waals surface area (Å²) in [5.41, 5.74) is 2.13. The molecule has 5 heteroatoms. The first-order valence-corrected chi connectivity index (χ1v) is 19.2. The van der Waals surface area contributed by atoms with Crippen LogP contribution in [-0.2, 0) is 14.3 Å². The zero-order chi connectivity index (χ0) is 33.5. The standard InChI is InChI=1S/C41H67NO4/c1-26(2)28-14-19-41(22-23-42-27-10-11-27)21-20-39(8)29(35(28)41)12-13-31-38(7)17-16-32(37(5,6)30(38)15-18-40(31,39)9)46-34(45)25-36(3,4)24-33(43)44/h27-32,35,42H,1,10-25H2,2-9H3,(H,43,44)/t28?,29-,30?,31?,32?,35?,38+,39-,40-,41-/m1/s1. The van der Waals surface area contributed by atoms with Gasteiger partial charge in [-0.2, -0.15) is 0 Å². The van der Waals surface area contributed by atoms with E-state index in [0.29, 0.717) is 34.0 Å². The fourth-order valence-electron chi connectivity index (χ4n) is 13.8. The summed E-state index contributed by atoms with van der Waals surface area (Å²) in [6.07, 6.45) is 16.9. The summed E-state index contributed by atoms with van der Waals surface area (Å²) in [7, 11) is 0. The summed E-state index contributed by atoms with van der Waals surface area (Å²) in [4.78, 5) is 24.5. The third-order valence-corrected chi connectivity index (χ3v) is 16.3. The van der Waals surface area contributed by atoms with Gasteiger partial charge in [0.15, 0.2) is 0 Å². The van der Waals surface area contributed by atoms with Gasteiger partial charge in [-0.25, -0.2) is 0 Å². The Morgan fingerprint density at radius 1 is 0.848 bits per heavy atom. The van der Waals surface area contributed by atoms with E-state index in [1.165, 1.54) is 82.7 Å². The van der Waals surface area contributed by atoms with E-state index in [-0.39, 0.29) is 35.7 Å². The first-order valence-electron chi connectivity index (χ1n) is 19.2. The number of rotatable bonds is 10. The van der Waals surface area contributed by atoms with Gasteiger partial charge in [-0.15, -0.1) is 0 Å². The molecule has 6 aliphatic carbocycles. The lowest BCUT2D eigenvalue weighted by atomic mass is 9.32. The van der Waals surface area contributed by atoms with Crippen molar-refractivity contribution >= 4 is 11.9 Å². The number of hydrogen-bond donors (Lipinski definition) is 2. The molecule has 6 fully saturated rings. The van der Waals surface area contributed by atoms with Crippen LogP contribution in [-0.4, -0.2) is 35.7 Å². The Balaban J connectivity index is 1.22. The molecular formula is C41H67NO4. The van der Waals surface area contributed by atoms with Crippen LogP contribution in [0.2, 0.25) is 0 Å². The highest BCUT2D eigenvalue weighted by molar-refractivity contribution is 5.73. The van der Waals surface area contributed by atoms with Gasteiger partial charge in [0, 0.05) is 11.5 Å². The van der Waals surface area contributed by atoms with E-state index in [2.05, 4.69) is 53.4 Å². The average Bonchev–Trinajstić information content (AvgIpc) is 3.67. The second kappa shape index (κ2) is 11.6. The van der Waals surface area contributed by atoms with Crippen molar-refractivity contribution < 1.29 is 19.4 Å². The van der Waals surface area contributed by atoms with E-state index in [0.717, 1.165) is 30.7 Å². The minimum absolute atomic E-state index is 0.0245. The monoisotopic (exact) mass is 638 g/mol. The number of fused-ring (bicyclic) bond motifs is 7. The van der Waals surface area contributed by atoms with Crippen molar-refractivity contribution in [2.45, 2.75) is 164 Å². The molecule has 0 spiro atoms. The Hall–Kier alpha value is -1.36. The number of carboxylic acid groups (broad SMARTS) is 1. The summed E-state index contributed by atoms with van der Waals surface area (Å²) in [5, 5.41) is 13.2. The number of carbonyl (C=O) groups excluding carboxylic acids is 1. The molecule has 6 rings (SSSR count). The molecule has 0 heterocycles. The molecule has 260 valence electrons. The second-order valence-electron chi connectivity index (χ2n) is 19.8. The van der Waals surface area contributed by atoms with Gasteiger partial charge in [-0.3, -0.25) is 9.59 Å². The summed E-state index contributed by atoms with van der Waals surface area (Å²) in [5.74, 6) is 2.36. The summed E-state index contributed by atoms with van der Waals surface area (Å²) in [6, 6.07) is 0.791. The molecule has 5 nitrogen and oxygen atoms in total. The third kappa shape index (κ3) is 5.53. The molecule has 0 aromatic carbocycles. The highest BCUT2D eigenvalue weighted by Crippen LogP contribution is 2.78. The lowest BCUT2D eigenvalue weighted by Crippen LogP contribution is -2.66. The predicted octanol–water partition coefficient (Wildman–Crippen LogP) is 9.59. The number of allylic oxidation sites excluding steroid dienone is 1. The van der Waals surface area contributed by atoms with E-state index >= 15 is 0 Å². The number of aliphatic carboxylic acids is 1. The molecule has 0 bridgehead atoms. The fraction of sp³-hybridized carbons (Fsp3) is 0.902. The smallest absolute Gasteiger partial charge is 0.306 e. The van der Waals surface area contributed by atoms with Crippen LogP contribution in [0.25, 0.3) is 0 Å². The van der Waals surface area contributed by atoms with Gasteiger partial charge in [0.25, 0.3) is 0 Å². The van der Waals surface area contributed by atoms with Crippen molar-refractivity contribution in [3.8, 4) is 0 Å². The van der Waals surface area contributed by atoms with Crippen LogP contribution in [0, 0.1) is 62.1 Å². The Labute approximate surface area is 280 Å². The normalized spacial score (nSPS) is 44.7. The maximum atomic E-state index is 13.2. The van der Waals surface area contributed by atoms with E-state index in [4.69, 9.17) is 4.74 Å². The fourth-order valence-corrected chi connectivity index (χ4v) is 13.8. The highest BCUT2D eigenvalue weighted by atomic mass is 16.5. The highest BCUT2D eigenvalue weighted by Gasteiger charge is 2.71. The van der Waals surface area contributed by atoms with Crippen LogP contribution in [0.3, 0.4) is 0 Å². The number of nitrogens with one attached hydrogen (secondary N) is 1. The molecule has 0 radical (unpaired) electrons. The van der Waals surface area contributed by atoms with Crippen molar-refractivity contribution in [3.05, 3.63) is 12.2 Å². The molecule has 0 aliphatic heterocycles. The van der Waals surface area contributed by atoms with E-state index in [9.17, 15) is 14.7 Å². The van der Waals surface area contributed by atoms with E-state index in [1.807, 2.05) is 13.8 Å².